The van der Waals surface area contributed by atoms with Crippen LogP contribution in [0.4, 0.5) is 0 Å². The first-order valence-electron chi connectivity index (χ1n) is 7.23. The Bertz CT molecular complexity index is 584. The second-order valence-electron chi connectivity index (χ2n) is 4.77. The molecular formula is C12H21N4O6P. The van der Waals surface area contributed by atoms with E-state index in [4.69, 9.17) is 13.9 Å². The summed E-state index contributed by atoms with van der Waals surface area (Å²) in [4.78, 5) is 17.1. The standard InChI is InChI=1S/C12H21N4O6P/c1-5-20-23(18,21-6-2)11-7-10(22-15(11)3)16-8-9(13-14-16)12(17)19-4/h8,10-11H,5-7H2,1-4H3/t10-,11-/m1/s1. The number of carbonyl (C=O) groups excluding carboxylic acids is 1. The number of rotatable bonds is 7. The second-order valence-corrected chi connectivity index (χ2v) is 6.97. The average Bonchev–Trinajstić information content (AvgIpc) is 3.13. The molecule has 2 rings (SSSR count). The van der Waals surface area contributed by atoms with Crippen LogP contribution in [0.2, 0.25) is 0 Å². The van der Waals surface area contributed by atoms with Crippen molar-refractivity contribution < 1.29 is 28.0 Å². The van der Waals surface area contributed by atoms with Gasteiger partial charge in [-0.3, -0.25) is 9.40 Å². The number of nitrogens with zero attached hydrogens (tertiary/aromatic N) is 4. The molecule has 2 atom stereocenters. The molecule has 0 spiro atoms. The van der Waals surface area contributed by atoms with Crippen LogP contribution < -0.4 is 0 Å². The van der Waals surface area contributed by atoms with Crippen LogP contribution in [-0.4, -0.2) is 59.2 Å². The van der Waals surface area contributed by atoms with Crippen molar-refractivity contribution in [3.05, 3.63) is 11.9 Å². The van der Waals surface area contributed by atoms with Gasteiger partial charge in [-0.2, -0.15) is 5.06 Å². The van der Waals surface area contributed by atoms with E-state index in [0.29, 0.717) is 6.42 Å². The predicted octanol–water partition coefficient (Wildman–Crippen LogP) is 1.42. The highest BCUT2D eigenvalue weighted by atomic mass is 31.2. The molecule has 23 heavy (non-hydrogen) atoms. The van der Waals surface area contributed by atoms with Crippen molar-refractivity contribution in [3.63, 3.8) is 0 Å². The summed E-state index contributed by atoms with van der Waals surface area (Å²) in [6.45, 7) is 4.03. The second kappa shape index (κ2) is 7.50. The molecule has 1 aromatic rings. The summed E-state index contributed by atoms with van der Waals surface area (Å²) in [7, 11) is -0.443. The van der Waals surface area contributed by atoms with E-state index in [0.717, 1.165) is 0 Å². The summed E-state index contributed by atoms with van der Waals surface area (Å²) in [5, 5.41) is 9.02. The summed E-state index contributed by atoms with van der Waals surface area (Å²) in [5.41, 5.74) is 0.0694. The lowest BCUT2D eigenvalue weighted by molar-refractivity contribution is -0.162. The Hall–Kier alpha value is -1.32. The van der Waals surface area contributed by atoms with Gasteiger partial charge in [0.1, 0.15) is 5.78 Å². The lowest BCUT2D eigenvalue weighted by atomic mass is 10.4. The highest BCUT2D eigenvalue weighted by Gasteiger charge is 2.47. The van der Waals surface area contributed by atoms with Crippen molar-refractivity contribution >= 4 is 13.6 Å². The minimum absolute atomic E-state index is 0.0694. The van der Waals surface area contributed by atoms with Gasteiger partial charge in [0.25, 0.3) is 0 Å². The fourth-order valence-electron chi connectivity index (χ4n) is 2.30. The van der Waals surface area contributed by atoms with Crippen LogP contribution in [0.15, 0.2) is 6.20 Å². The van der Waals surface area contributed by atoms with Crippen molar-refractivity contribution in [2.45, 2.75) is 32.3 Å². The normalized spacial score (nSPS) is 22.4. The van der Waals surface area contributed by atoms with Crippen LogP contribution in [0.1, 0.15) is 37.0 Å². The third-order valence-corrected chi connectivity index (χ3v) is 5.81. The van der Waals surface area contributed by atoms with Gasteiger partial charge in [-0.05, 0) is 13.8 Å². The highest BCUT2D eigenvalue weighted by molar-refractivity contribution is 7.54. The summed E-state index contributed by atoms with van der Waals surface area (Å²) in [6.07, 6.45) is 1.17. The summed E-state index contributed by atoms with van der Waals surface area (Å²) < 4.78 is 29.6. The van der Waals surface area contributed by atoms with E-state index in [-0.39, 0.29) is 18.9 Å². The lowest BCUT2D eigenvalue weighted by Gasteiger charge is -2.25. The Morgan fingerprint density at radius 3 is 2.65 bits per heavy atom. The van der Waals surface area contributed by atoms with Crippen molar-refractivity contribution in [1.82, 2.24) is 20.1 Å². The maximum absolute atomic E-state index is 12.9. The SMILES string of the molecule is CCOP(=O)(OCC)[C@@H]1C[C@H](n2cc(C(=O)OC)nn2)ON1C. The molecule has 0 aliphatic carbocycles. The molecule has 0 bridgehead atoms. The molecule has 0 radical (unpaired) electrons. The largest absolute Gasteiger partial charge is 0.464 e. The van der Waals surface area contributed by atoms with Crippen molar-refractivity contribution in [3.8, 4) is 0 Å². The zero-order valence-electron chi connectivity index (χ0n) is 13.5. The zero-order valence-corrected chi connectivity index (χ0v) is 14.4. The van der Waals surface area contributed by atoms with E-state index >= 15 is 0 Å². The molecule has 1 saturated heterocycles. The Morgan fingerprint density at radius 1 is 1.43 bits per heavy atom. The van der Waals surface area contributed by atoms with Crippen LogP contribution in [0.3, 0.4) is 0 Å². The maximum atomic E-state index is 12.9. The monoisotopic (exact) mass is 348 g/mol. The third-order valence-electron chi connectivity index (χ3n) is 3.30. The molecule has 130 valence electrons. The number of methoxy groups -OCH3 is 1. The van der Waals surface area contributed by atoms with Crippen molar-refractivity contribution in [2.75, 3.05) is 27.4 Å². The molecular weight excluding hydrogens is 327 g/mol. The van der Waals surface area contributed by atoms with Gasteiger partial charge in [0.15, 0.2) is 11.9 Å². The number of carbonyl (C=O) groups is 1. The number of ether oxygens (including phenoxy) is 1. The van der Waals surface area contributed by atoms with E-state index in [2.05, 4.69) is 15.0 Å². The van der Waals surface area contributed by atoms with Gasteiger partial charge in [-0.15, -0.1) is 5.10 Å². The number of hydroxylamine groups is 2. The summed E-state index contributed by atoms with van der Waals surface area (Å²) in [6, 6.07) is 0. The molecule has 11 heteroatoms. The summed E-state index contributed by atoms with van der Waals surface area (Å²) >= 11 is 0. The van der Waals surface area contributed by atoms with Crippen LogP contribution in [0, 0.1) is 0 Å². The molecule has 10 nitrogen and oxygen atoms in total. The van der Waals surface area contributed by atoms with Crippen LogP contribution in [0.25, 0.3) is 0 Å². The van der Waals surface area contributed by atoms with Crippen molar-refractivity contribution in [1.29, 1.82) is 0 Å². The molecule has 0 saturated carbocycles. The quantitative estimate of drug-likeness (QED) is 0.534. The van der Waals surface area contributed by atoms with Crippen LogP contribution in [0.5, 0.6) is 0 Å². The first kappa shape index (κ1) is 18.0. The first-order chi connectivity index (χ1) is 10.9. The topological polar surface area (TPSA) is 105 Å². The molecule has 0 aromatic carbocycles. The van der Waals surface area contributed by atoms with Gasteiger partial charge < -0.3 is 13.8 Å². The number of esters is 1. The summed E-state index contributed by atoms with van der Waals surface area (Å²) in [5.74, 6) is -1.16. The molecule has 1 aliphatic rings. The fourth-order valence-corrected chi connectivity index (χ4v) is 4.33. The molecule has 1 aromatic heterocycles. The van der Waals surface area contributed by atoms with Gasteiger partial charge >= 0.3 is 13.6 Å². The maximum Gasteiger partial charge on any atom is 0.360 e. The minimum atomic E-state index is -3.35. The molecule has 0 unspecified atom stereocenters. The van der Waals surface area contributed by atoms with Gasteiger partial charge in [0.2, 0.25) is 0 Å². The number of hydrogen-bond donors (Lipinski definition) is 0. The molecule has 2 heterocycles. The van der Waals surface area contributed by atoms with Crippen molar-refractivity contribution in [2.24, 2.45) is 0 Å². The first-order valence-corrected chi connectivity index (χ1v) is 8.84. The van der Waals surface area contributed by atoms with E-state index in [1.165, 1.54) is 23.1 Å². The Kier molecular flexibility index (Phi) is 5.88. The fraction of sp³-hybridized carbons (Fsp3) is 0.750. The van der Waals surface area contributed by atoms with E-state index in [1.54, 1.807) is 20.9 Å². The molecule has 1 aliphatic heterocycles. The van der Waals surface area contributed by atoms with E-state index in [9.17, 15) is 9.36 Å². The molecule has 1 fully saturated rings. The highest BCUT2D eigenvalue weighted by Crippen LogP contribution is 2.58. The van der Waals surface area contributed by atoms with E-state index in [1.807, 2.05) is 0 Å². The van der Waals surface area contributed by atoms with Gasteiger partial charge in [-0.25, -0.2) is 9.48 Å². The van der Waals surface area contributed by atoms with Crippen LogP contribution >= 0.6 is 7.60 Å². The van der Waals surface area contributed by atoms with Gasteiger partial charge in [0, 0.05) is 13.5 Å². The van der Waals surface area contributed by atoms with E-state index < -0.39 is 25.6 Å². The Labute approximate surface area is 134 Å². The third kappa shape index (κ3) is 3.78. The molecule has 0 N–H and O–H groups in total. The molecule has 0 amide bonds. The average molecular weight is 348 g/mol. The number of hydrogen-bond acceptors (Lipinski definition) is 9. The van der Waals surface area contributed by atoms with Gasteiger partial charge in [-0.1, -0.05) is 5.21 Å². The lowest BCUT2D eigenvalue weighted by Crippen LogP contribution is -2.25. The smallest absolute Gasteiger partial charge is 0.360 e. The number of aromatic nitrogens is 3. The van der Waals surface area contributed by atoms with Crippen LogP contribution in [-0.2, 0) is 23.2 Å². The minimum Gasteiger partial charge on any atom is -0.464 e. The Balaban J connectivity index is 2.15. The predicted molar refractivity (Wildman–Crippen MR) is 78.5 cm³/mol. The van der Waals surface area contributed by atoms with Gasteiger partial charge in [0.05, 0.1) is 26.5 Å². The zero-order chi connectivity index (χ0) is 17.0. The Morgan fingerprint density at radius 2 is 2.09 bits per heavy atom.